The number of amides is 1. The summed E-state index contributed by atoms with van der Waals surface area (Å²) in [5.41, 5.74) is 0.718. The molecule has 4 rings (SSSR count). The molecule has 1 aliphatic heterocycles. The van der Waals surface area contributed by atoms with E-state index in [-0.39, 0.29) is 11.3 Å². The molecule has 1 atom stereocenters. The molecule has 1 saturated heterocycles. The highest BCUT2D eigenvalue weighted by Gasteiger charge is 2.46. The van der Waals surface area contributed by atoms with E-state index in [0.29, 0.717) is 12.1 Å². The zero-order valence-corrected chi connectivity index (χ0v) is 15.7. The lowest BCUT2D eigenvalue weighted by Crippen LogP contribution is -2.30. The maximum atomic E-state index is 12.8. The number of hydrogen-bond acceptors (Lipinski definition) is 4. The van der Waals surface area contributed by atoms with Crippen LogP contribution >= 0.6 is 11.3 Å². The number of carbonyl (C=O) groups excluding carboxylic acids is 2. The van der Waals surface area contributed by atoms with E-state index >= 15 is 0 Å². The molecule has 4 nitrogen and oxygen atoms in total. The first-order chi connectivity index (χ1) is 13.1. The molecule has 1 aromatic heterocycles. The van der Waals surface area contributed by atoms with Crippen molar-refractivity contribution in [1.29, 1.82) is 0 Å². The van der Waals surface area contributed by atoms with Crippen molar-refractivity contribution in [1.82, 2.24) is 4.90 Å². The number of rotatable bonds is 4. The lowest BCUT2D eigenvalue weighted by atomic mass is 9.98. The van der Waals surface area contributed by atoms with Crippen LogP contribution in [0.1, 0.15) is 29.8 Å². The Bertz CT molecular complexity index is 1050. The molecular weight excluding hydrogens is 358 g/mol. The fourth-order valence-electron chi connectivity index (χ4n) is 3.59. The summed E-state index contributed by atoms with van der Waals surface area (Å²) in [6.45, 7) is 2.44. The Morgan fingerprint density at radius 3 is 2.56 bits per heavy atom. The summed E-state index contributed by atoms with van der Waals surface area (Å²) in [6, 6.07) is 16.6. The van der Waals surface area contributed by atoms with E-state index in [1.54, 1.807) is 11.0 Å². The summed E-state index contributed by atoms with van der Waals surface area (Å²) < 4.78 is 0. The Morgan fingerprint density at radius 2 is 1.85 bits per heavy atom. The van der Waals surface area contributed by atoms with Gasteiger partial charge in [-0.2, -0.15) is 0 Å². The van der Waals surface area contributed by atoms with Crippen molar-refractivity contribution in [3.63, 3.8) is 0 Å². The van der Waals surface area contributed by atoms with E-state index in [1.807, 2.05) is 60.8 Å². The minimum Gasteiger partial charge on any atom is -0.507 e. The monoisotopic (exact) mass is 377 g/mol. The van der Waals surface area contributed by atoms with Crippen LogP contribution in [-0.2, 0) is 9.59 Å². The average Bonchev–Trinajstić information content (AvgIpc) is 3.30. The van der Waals surface area contributed by atoms with Crippen molar-refractivity contribution in [3.8, 4) is 0 Å². The summed E-state index contributed by atoms with van der Waals surface area (Å²) in [5.74, 6) is -1.28. The first-order valence-corrected chi connectivity index (χ1v) is 9.80. The summed E-state index contributed by atoms with van der Waals surface area (Å²) in [6.07, 6.45) is 0.741. The minimum absolute atomic E-state index is 0.115. The number of benzene rings is 2. The molecular formula is C22H19NO3S. The van der Waals surface area contributed by atoms with E-state index < -0.39 is 17.7 Å². The SMILES string of the molecule is CCCN1C(=O)C(=O)/C(=C(\O)c2ccc3ccccc3c2)C1c1cccs1. The van der Waals surface area contributed by atoms with Crippen molar-refractivity contribution < 1.29 is 14.7 Å². The van der Waals surface area contributed by atoms with Gasteiger partial charge in [-0.05, 0) is 34.7 Å². The Hall–Kier alpha value is -2.92. The van der Waals surface area contributed by atoms with Crippen LogP contribution in [0.5, 0.6) is 0 Å². The van der Waals surface area contributed by atoms with Crippen molar-refractivity contribution in [3.05, 3.63) is 76.0 Å². The third kappa shape index (κ3) is 2.94. The lowest BCUT2D eigenvalue weighted by Gasteiger charge is -2.23. The van der Waals surface area contributed by atoms with Gasteiger partial charge in [0, 0.05) is 17.0 Å². The number of fused-ring (bicyclic) bond motifs is 1. The van der Waals surface area contributed by atoms with Crippen LogP contribution in [0.2, 0.25) is 0 Å². The molecule has 0 aliphatic carbocycles. The smallest absolute Gasteiger partial charge is 0.295 e. The Balaban J connectivity index is 1.89. The van der Waals surface area contributed by atoms with Gasteiger partial charge in [0.25, 0.3) is 11.7 Å². The van der Waals surface area contributed by atoms with E-state index in [9.17, 15) is 14.7 Å². The van der Waals surface area contributed by atoms with E-state index in [2.05, 4.69) is 0 Å². The molecule has 0 spiro atoms. The predicted molar refractivity (Wildman–Crippen MR) is 108 cm³/mol. The van der Waals surface area contributed by atoms with Crippen molar-refractivity contribution in [2.45, 2.75) is 19.4 Å². The molecule has 2 heterocycles. The molecule has 136 valence electrons. The largest absolute Gasteiger partial charge is 0.507 e. The van der Waals surface area contributed by atoms with Gasteiger partial charge >= 0.3 is 0 Å². The topological polar surface area (TPSA) is 57.6 Å². The number of thiophene rings is 1. The van der Waals surface area contributed by atoms with Gasteiger partial charge in [-0.1, -0.05) is 49.4 Å². The third-order valence-electron chi connectivity index (χ3n) is 4.84. The summed E-state index contributed by atoms with van der Waals surface area (Å²) in [5, 5.41) is 14.9. The Kier molecular flexibility index (Phi) is 4.54. The highest BCUT2D eigenvalue weighted by Crippen LogP contribution is 2.41. The third-order valence-corrected chi connectivity index (χ3v) is 5.76. The van der Waals surface area contributed by atoms with Crippen LogP contribution in [0.15, 0.2) is 65.6 Å². The maximum absolute atomic E-state index is 12.8. The quantitative estimate of drug-likeness (QED) is 0.406. The second-order valence-electron chi connectivity index (χ2n) is 6.57. The highest BCUT2D eigenvalue weighted by molar-refractivity contribution is 7.10. The summed E-state index contributed by atoms with van der Waals surface area (Å²) >= 11 is 1.48. The molecule has 1 fully saturated rings. The molecule has 5 heteroatoms. The molecule has 1 aliphatic rings. The number of nitrogens with zero attached hydrogens (tertiary/aromatic N) is 1. The van der Waals surface area contributed by atoms with Gasteiger partial charge in [-0.15, -0.1) is 11.3 Å². The molecule has 0 radical (unpaired) electrons. The summed E-state index contributed by atoms with van der Waals surface area (Å²) in [7, 11) is 0. The molecule has 27 heavy (non-hydrogen) atoms. The Labute approximate surface area is 161 Å². The second-order valence-corrected chi connectivity index (χ2v) is 7.55. The fourth-order valence-corrected chi connectivity index (χ4v) is 4.43. The standard InChI is InChI=1S/C22H19NO3S/c1-2-11-23-19(17-8-5-12-27-17)18(21(25)22(23)26)20(24)16-10-9-14-6-3-4-7-15(14)13-16/h3-10,12-13,19,24H,2,11H2,1H3/b20-18-. The van der Waals surface area contributed by atoms with Gasteiger partial charge in [0.05, 0.1) is 11.6 Å². The molecule has 0 bridgehead atoms. The van der Waals surface area contributed by atoms with Crippen LogP contribution in [0.3, 0.4) is 0 Å². The highest BCUT2D eigenvalue weighted by atomic mass is 32.1. The molecule has 2 aromatic carbocycles. The van der Waals surface area contributed by atoms with Crippen LogP contribution in [-0.4, -0.2) is 28.2 Å². The van der Waals surface area contributed by atoms with Crippen molar-refractivity contribution in [2.24, 2.45) is 0 Å². The number of carbonyl (C=O) groups is 2. The van der Waals surface area contributed by atoms with Gasteiger partial charge in [-0.3, -0.25) is 9.59 Å². The number of likely N-dealkylation sites (tertiary alicyclic amines) is 1. The fraction of sp³-hybridized carbons (Fsp3) is 0.182. The van der Waals surface area contributed by atoms with Gasteiger partial charge in [0.1, 0.15) is 5.76 Å². The second kappa shape index (κ2) is 7.00. The van der Waals surface area contributed by atoms with Crippen molar-refractivity contribution >= 4 is 39.6 Å². The van der Waals surface area contributed by atoms with Gasteiger partial charge in [0.2, 0.25) is 0 Å². The lowest BCUT2D eigenvalue weighted by molar-refractivity contribution is -0.139. The molecule has 0 saturated carbocycles. The van der Waals surface area contributed by atoms with Gasteiger partial charge < -0.3 is 10.0 Å². The van der Waals surface area contributed by atoms with Gasteiger partial charge in [0.15, 0.2) is 0 Å². The maximum Gasteiger partial charge on any atom is 0.295 e. The number of ketones is 1. The summed E-state index contributed by atoms with van der Waals surface area (Å²) in [4.78, 5) is 27.8. The number of aliphatic hydroxyl groups is 1. The first kappa shape index (κ1) is 17.5. The zero-order chi connectivity index (χ0) is 19.0. The van der Waals surface area contributed by atoms with E-state index in [0.717, 1.165) is 22.1 Å². The number of hydrogen-bond donors (Lipinski definition) is 1. The molecule has 1 N–H and O–H groups in total. The van der Waals surface area contributed by atoms with Crippen LogP contribution in [0.25, 0.3) is 16.5 Å². The van der Waals surface area contributed by atoms with E-state index in [1.165, 1.54) is 11.3 Å². The minimum atomic E-state index is -0.618. The molecule has 3 aromatic rings. The van der Waals surface area contributed by atoms with E-state index in [4.69, 9.17) is 0 Å². The van der Waals surface area contributed by atoms with Crippen LogP contribution in [0.4, 0.5) is 0 Å². The van der Waals surface area contributed by atoms with Crippen molar-refractivity contribution in [2.75, 3.05) is 6.54 Å². The predicted octanol–water partition coefficient (Wildman–Crippen LogP) is 4.73. The normalized spacial score (nSPS) is 19.1. The molecule has 1 amide bonds. The van der Waals surface area contributed by atoms with Crippen LogP contribution < -0.4 is 0 Å². The van der Waals surface area contributed by atoms with Crippen LogP contribution in [0, 0.1) is 0 Å². The zero-order valence-electron chi connectivity index (χ0n) is 14.9. The number of aliphatic hydroxyl groups excluding tert-OH is 1. The number of Topliss-reactive ketones (excluding diaryl/α,β-unsaturated/α-hetero) is 1. The molecule has 1 unspecified atom stereocenters. The van der Waals surface area contributed by atoms with Gasteiger partial charge in [-0.25, -0.2) is 0 Å². The first-order valence-electron chi connectivity index (χ1n) is 8.92. The Morgan fingerprint density at radius 1 is 1.07 bits per heavy atom. The average molecular weight is 377 g/mol.